The molecule has 0 aromatic carbocycles. The fourth-order valence-corrected chi connectivity index (χ4v) is 2.07. The van der Waals surface area contributed by atoms with Crippen molar-refractivity contribution in [1.29, 1.82) is 0 Å². The van der Waals surface area contributed by atoms with Crippen LogP contribution in [0, 0.1) is 0 Å². The summed E-state index contributed by atoms with van der Waals surface area (Å²) in [4.78, 5) is 1.50. The van der Waals surface area contributed by atoms with Gasteiger partial charge in [0.05, 0.1) is 6.61 Å². The van der Waals surface area contributed by atoms with E-state index >= 15 is 0 Å². The van der Waals surface area contributed by atoms with Gasteiger partial charge in [0.25, 0.3) is 0 Å². The largest absolute Gasteiger partial charge is 1.00 e. The molecule has 21 heavy (non-hydrogen) atoms. The Bertz CT molecular complexity index is 333. The number of unbranched alkanes of at least 4 members (excludes halogenated alkanes) is 9. The smallest absolute Gasteiger partial charge is 0.726 e. The van der Waals surface area contributed by atoms with Gasteiger partial charge in [0.1, 0.15) is 0 Å². The standard InChI is InChI=1S/C12H26O4S.N3.Na/c1-2-3-4-5-6-7-8-9-10-11-12-16-17(13,14)15;1-3-2;/h2-12H2,1H3,(H,13,14,15);;/q;-1;+1/p-1. The summed E-state index contributed by atoms with van der Waals surface area (Å²) < 4.78 is 34.5. The molecule has 0 spiro atoms. The van der Waals surface area contributed by atoms with Gasteiger partial charge in [-0.15, -0.1) is 0 Å². The quantitative estimate of drug-likeness (QED) is 0.101. The van der Waals surface area contributed by atoms with Crippen LogP contribution in [0.4, 0.5) is 0 Å². The van der Waals surface area contributed by atoms with Gasteiger partial charge in [-0.25, -0.2) is 8.42 Å². The van der Waals surface area contributed by atoms with Crippen molar-refractivity contribution in [2.24, 2.45) is 0 Å². The molecule has 0 aliphatic rings. The van der Waals surface area contributed by atoms with Crippen LogP contribution in [0.3, 0.4) is 0 Å². The Morgan fingerprint density at radius 3 is 1.57 bits per heavy atom. The van der Waals surface area contributed by atoms with Crippen molar-refractivity contribution in [3.8, 4) is 0 Å². The van der Waals surface area contributed by atoms with Crippen LogP contribution in [0.5, 0.6) is 0 Å². The first-order chi connectivity index (χ1) is 9.47. The Labute approximate surface area is 150 Å². The van der Waals surface area contributed by atoms with E-state index in [1.807, 2.05) is 0 Å². The molecule has 0 radical (unpaired) electrons. The Morgan fingerprint density at radius 2 is 1.24 bits per heavy atom. The van der Waals surface area contributed by atoms with Crippen molar-refractivity contribution < 1.29 is 46.7 Å². The molecule has 0 aliphatic carbocycles. The van der Waals surface area contributed by atoms with Gasteiger partial charge >= 0.3 is 29.6 Å². The Hall–Kier alpha value is 0.180. The maximum absolute atomic E-state index is 10.1. The minimum atomic E-state index is -4.48. The summed E-state index contributed by atoms with van der Waals surface area (Å²) in [5, 5.41) is 0. The van der Waals surface area contributed by atoms with E-state index in [1.54, 1.807) is 0 Å². The molecule has 0 fully saturated rings. The van der Waals surface area contributed by atoms with Crippen LogP contribution in [-0.2, 0) is 14.6 Å². The van der Waals surface area contributed by atoms with E-state index in [9.17, 15) is 13.0 Å². The van der Waals surface area contributed by atoms with Crippen molar-refractivity contribution in [3.05, 3.63) is 16.0 Å². The van der Waals surface area contributed by atoms with Crippen LogP contribution in [0.15, 0.2) is 0 Å². The zero-order valence-electron chi connectivity index (χ0n) is 13.2. The van der Waals surface area contributed by atoms with E-state index in [2.05, 4.69) is 11.1 Å². The normalized spacial score (nSPS) is 10.0. The number of hydrogen-bond acceptors (Lipinski definition) is 4. The van der Waals surface area contributed by atoms with E-state index in [0.717, 1.165) is 12.8 Å². The summed E-state index contributed by atoms with van der Waals surface area (Å²) in [6, 6.07) is 0. The van der Waals surface area contributed by atoms with Gasteiger partial charge in [-0.1, -0.05) is 64.7 Å². The van der Waals surface area contributed by atoms with Crippen LogP contribution >= 0.6 is 0 Å². The van der Waals surface area contributed by atoms with E-state index in [0.29, 0.717) is 6.42 Å². The summed E-state index contributed by atoms with van der Waals surface area (Å²) in [6.45, 7) is 2.24. The fourth-order valence-electron chi connectivity index (χ4n) is 1.75. The molecule has 0 amide bonds. The molecule has 0 aliphatic heterocycles. The third-order valence-corrected chi connectivity index (χ3v) is 3.18. The van der Waals surface area contributed by atoms with Crippen molar-refractivity contribution in [2.45, 2.75) is 71.1 Å². The minimum absolute atomic E-state index is 0. The molecular weight excluding hydrogens is 305 g/mol. The molecule has 0 aromatic heterocycles. The average molecular weight is 330 g/mol. The predicted octanol–water partition coefficient (Wildman–Crippen LogP) is 1.25. The van der Waals surface area contributed by atoms with Gasteiger partial charge in [-0.3, -0.25) is 9.09 Å². The molecule has 0 aromatic rings. The predicted molar refractivity (Wildman–Crippen MR) is 77.6 cm³/mol. The van der Waals surface area contributed by atoms with Crippen LogP contribution < -0.4 is 29.6 Å². The molecule has 0 saturated heterocycles. The van der Waals surface area contributed by atoms with Gasteiger partial charge in [-0.2, -0.15) is 0 Å². The first kappa shape index (κ1) is 26.1. The molecule has 0 unspecified atom stereocenters. The average Bonchev–Trinajstić information content (AvgIpc) is 2.35. The third kappa shape index (κ3) is 33.2. The van der Waals surface area contributed by atoms with Crippen molar-refractivity contribution in [2.75, 3.05) is 6.61 Å². The Morgan fingerprint density at radius 1 is 0.905 bits per heavy atom. The van der Waals surface area contributed by atoms with Gasteiger partial charge in [-0.05, 0) is 6.42 Å². The number of hydrogen-bond donors (Lipinski definition) is 0. The Kier molecular flexibility index (Phi) is 25.1. The van der Waals surface area contributed by atoms with Gasteiger partial charge < -0.3 is 15.6 Å². The summed E-state index contributed by atoms with van der Waals surface area (Å²) in [7, 11) is -4.48. The molecule has 120 valence electrons. The first-order valence-electron chi connectivity index (χ1n) is 7.06. The Balaban J connectivity index is -0.000000740. The van der Waals surface area contributed by atoms with Crippen LogP contribution in [0.2, 0.25) is 0 Å². The van der Waals surface area contributed by atoms with Crippen LogP contribution in [0.1, 0.15) is 71.1 Å². The first-order valence-corrected chi connectivity index (χ1v) is 8.40. The number of nitrogens with zero attached hydrogens (tertiary/aromatic N) is 3. The molecule has 0 heterocycles. The fraction of sp³-hybridized carbons (Fsp3) is 1.00. The molecule has 0 atom stereocenters. The van der Waals surface area contributed by atoms with Crippen LogP contribution in [-0.4, -0.2) is 19.6 Å². The molecule has 0 N–H and O–H groups in total. The van der Waals surface area contributed by atoms with Crippen molar-refractivity contribution >= 4 is 10.4 Å². The monoisotopic (exact) mass is 330 g/mol. The number of rotatable bonds is 12. The zero-order chi connectivity index (χ0) is 15.7. The summed E-state index contributed by atoms with van der Waals surface area (Å²) in [5.74, 6) is 0. The minimum Gasteiger partial charge on any atom is -0.726 e. The summed E-state index contributed by atoms with van der Waals surface area (Å²) >= 11 is 0. The molecule has 0 bridgehead atoms. The van der Waals surface area contributed by atoms with Crippen molar-refractivity contribution in [1.82, 2.24) is 0 Å². The maximum atomic E-state index is 10.1. The van der Waals surface area contributed by atoms with E-state index in [-0.39, 0.29) is 36.2 Å². The SMILES string of the molecule is CCCCCCCCCCCCOS(=O)(=O)[O-].[N-]=[N+]=[N-].[Na+]. The van der Waals surface area contributed by atoms with E-state index in [4.69, 9.17) is 11.1 Å². The van der Waals surface area contributed by atoms with E-state index < -0.39 is 10.4 Å². The van der Waals surface area contributed by atoms with Gasteiger partial charge in [0, 0.05) is 0 Å². The van der Waals surface area contributed by atoms with E-state index in [1.165, 1.54) is 49.9 Å². The second kappa shape index (κ2) is 20.2. The molecular formula is C12H25N3NaO4S-. The molecule has 9 heteroatoms. The van der Waals surface area contributed by atoms with Gasteiger partial charge in [0.15, 0.2) is 0 Å². The van der Waals surface area contributed by atoms with Crippen molar-refractivity contribution in [3.63, 3.8) is 0 Å². The third-order valence-electron chi connectivity index (χ3n) is 2.73. The maximum Gasteiger partial charge on any atom is 1.00 e. The topological polar surface area (TPSA) is 125 Å². The second-order valence-electron chi connectivity index (χ2n) is 4.50. The molecule has 7 nitrogen and oxygen atoms in total. The van der Waals surface area contributed by atoms with Crippen LogP contribution in [0.25, 0.3) is 16.0 Å². The molecule has 0 saturated carbocycles. The molecule has 0 rings (SSSR count). The summed E-state index contributed by atoms with van der Waals surface area (Å²) in [6.07, 6.45) is 11.7. The zero-order valence-corrected chi connectivity index (χ0v) is 16.0. The second-order valence-corrected chi connectivity index (χ2v) is 5.55. The van der Waals surface area contributed by atoms with Gasteiger partial charge in [0.2, 0.25) is 10.4 Å². The summed E-state index contributed by atoms with van der Waals surface area (Å²) in [5.41, 5.74) is 13.5.